The molecule has 1 aromatic rings. The van der Waals surface area contributed by atoms with Crippen molar-refractivity contribution in [2.45, 2.75) is 25.3 Å². The highest BCUT2D eigenvalue weighted by Crippen LogP contribution is 2.22. The molecule has 1 aromatic carbocycles. The largest absolute Gasteiger partial charge is 0.352 e. The molecule has 1 saturated heterocycles. The number of hydrogen-bond donors (Lipinski definition) is 2. The van der Waals surface area contributed by atoms with E-state index in [1.165, 1.54) is 0 Å². The Balaban J connectivity index is 2.08. The van der Waals surface area contributed by atoms with E-state index < -0.39 is 40.6 Å². The van der Waals surface area contributed by atoms with Crippen LogP contribution in [0, 0.1) is 29.1 Å². The van der Waals surface area contributed by atoms with Gasteiger partial charge in [-0.1, -0.05) is 0 Å². The van der Waals surface area contributed by atoms with Crippen molar-refractivity contribution in [1.82, 2.24) is 10.6 Å². The third-order valence-electron chi connectivity index (χ3n) is 3.38. The zero-order valence-electron chi connectivity index (χ0n) is 10.9. The highest BCUT2D eigenvalue weighted by molar-refractivity contribution is 5.94. The maximum Gasteiger partial charge on any atom is 0.257 e. The molecule has 1 heterocycles. The average Bonchev–Trinajstić information content (AvgIpc) is 2.96. The maximum atomic E-state index is 13.4. The summed E-state index contributed by atoms with van der Waals surface area (Å²) < 4.78 is 65.6. The molecule has 21 heavy (non-hydrogen) atoms. The van der Waals surface area contributed by atoms with Crippen molar-refractivity contribution < 1.29 is 26.7 Å². The molecular weight excluding hydrogens is 295 g/mol. The van der Waals surface area contributed by atoms with E-state index in [2.05, 4.69) is 10.6 Å². The van der Waals surface area contributed by atoms with Gasteiger partial charge in [0, 0.05) is 12.6 Å². The second-order valence-corrected chi connectivity index (χ2v) is 4.78. The molecule has 0 bridgehead atoms. The lowest BCUT2D eigenvalue weighted by Gasteiger charge is -2.12. The van der Waals surface area contributed by atoms with Crippen molar-refractivity contribution in [3.63, 3.8) is 0 Å². The number of hydrogen-bond acceptors (Lipinski definition) is 2. The van der Waals surface area contributed by atoms with Crippen LogP contribution in [0.5, 0.6) is 0 Å². The van der Waals surface area contributed by atoms with E-state index in [0.29, 0.717) is 6.42 Å². The van der Waals surface area contributed by atoms with E-state index in [4.69, 9.17) is 0 Å². The summed E-state index contributed by atoms with van der Waals surface area (Å²) in [5, 5.41) is 5.32. The van der Waals surface area contributed by atoms with E-state index in [1.807, 2.05) is 0 Å². The molecule has 3 nitrogen and oxygen atoms in total. The van der Waals surface area contributed by atoms with Crippen LogP contribution in [-0.4, -0.2) is 25.0 Å². The van der Waals surface area contributed by atoms with Crippen molar-refractivity contribution in [3.05, 3.63) is 34.6 Å². The van der Waals surface area contributed by atoms with Gasteiger partial charge in [0.15, 0.2) is 23.3 Å². The van der Waals surface area contributed by atoms with Crippen LogP contribution in [0.1, 0.15) is 29.6 Å². The third kappa shape index (κ3) is 3.15. The summed E-state index contributed by atoms with van der Waals surface area (Å²) in [5.74, 6) is -12.1. The highest BCUT2D eigenvalue weighted by Gasteiger charge is 2.29. The van der Waals surface area contributed by atoms with Gasteiger partial charge in [-0.15, -0.1) is 0 Å². The number of benzene rings is 1. The van der Waals surface area contributed by atoms with Crippen LogP contribution in [-0.2, 0) is 0 Å². The fourth-order valence-corrected chi connectivity index (χ4v) is 2.26. The molecule has 2 rings (SSSR count). The number of carbonyl (C=O) groups is 1. The number of rotatable bonds is 4. The molecule has 0 spiro atoms. The van der Waals surface area contributed by atoms with E-state index in [-0.39, 0.29) is 12.6 Å². The van der Waals surface area contributed by atoms with Crippen LogP contribution in [0.15, 0.2) is 0 Å². The summed E-state index contributed by atoms with van der Waals surface area (Å²) in [7, 11) is 0. The Morgan fingerprint density at radius 2 is 1.62 bits per heavy atom. The van der Waals surface area contributed by atoms with Crippen molar-refractivity contribution in [1.29, 1.82) is 0 Å². The Kier molecular flexibility index (Phi) is 4.76. The molecule has 0 radical (unpaired) electrons. The standard InChI is InChI=1S/C13H13F5N2O/c14-8-7(9(15)11(17)12(18)10(8)16)13(21)20-5-3-6-2-1-4-19-6/h6,19H,1-5H2,(H,20,21)/t6-/m0/s1. The smallest absolute Gasteiger partial charge is 0.257 e. The maximum absolute atomic E-state index is 13.4. The number of nitrogens with one attached hydrogen (secondary N) is 2. The first-order valence-electron chi connectivity index (χ1n) is 6.46. The third-order valence-corrected chi connectivity index (χ3v) is 3.38. The number of halogens is 5. The van der Waals surface area contributed by atoms with Crippen molar-refractivity contribution in [3.8, 4) is 0 Å². The van der Waals surface area contributed by atoms with Crippen LogP contribution >= 0.6 is 0 Å². The lowest BCUT2D eigenvalue weighted by molar-refractivity contribution is 0.0940. The SMILES string of the molecule is O=C(NCC[C@@H]1CCCN1)c1c(F)c(F)c(F)c(F)c1F. The van der Waals surface area contributed by atoms with Crippen molar-refractivity contribution in [2.24, 2.45) is 0 Å². The molecular formula is C13H13F5N2O. The van der Waals surface area contributed by atoms with Gasteiger partial charge < -0.3 is 10.6 Å². The summed E-state index contributed by atoms with van der Waals surface area (Å²) in [6.45, 7) is 0.937. The second kappa shape index (κ2) is 6.38. The fourth-order valence-electron chi connectivity index (χ4n) is 2.26. The zero-order chi connectivity index (χ0) is 15.6. The van der Waals surface area contributed by atoms with Crippen molar-refractivity contribution >= 4 is 5.91 Å². The van der Waals surface area contributed by atoms with Crippen LogP contribution in [0.25, 0.3) is 0 Å². The van der Waals surface area contributed by atoms with Crippen LogP contribution in [0.3, 0.4) is 0 Å². The molecule has 116 valence electrons. The number of amides is 1. The molecule has 2 N–H and O–H groups in total. The molecule has 0 saturated carbocycles. The molecule has 0 aromatic heterocycles. The van der Waals surface area contributed by atoms with Crippen LogP contribution in [0.2, 0.25) is 0 Å². The summed E-state index contributed by atoms with van der Waals surface area (Å²) in [6.07, 6.45) is 2.43. The summed E-state index contributed by atoms with van der Waals surface area (Å²) in [6, 6.07) is 0.182. The fraction of sp³-hybridized carbons (Fsp3) is 0.462. The van der Waals surface area contributed by atoms with Crippen LogP contribution in [0.4, 0.5) is 22.0 Å². The van der Waals surface area contributed by atoms with Gasteiger partial charge in [-0.2, -0.15) is 0 Å². The summed E-state index contributed by atoms with van der Waals surface area (Å²) >= 11 is 0. The first-order chi connectivity index (χ1) is 9.93. The minimum absolute atomic E-state index is 0.0794. The minimum atomic E-state index is -2.28. The van der Waals surface area contributed by atoms with E-state index in [1.54, 1.807) is 0 Å². The quantitative estimate of drug-likeness (QED) is 0.509. The molecule has 8 heteroatoms. The van der Waals surface area contributed by atoms with Gasteiger partial charge in [-0.05, 0) is 25.8 Å². The van der Waals surface area contributed by atoms with Crippen molar-refractivity contribution in [2.75, 3.05) is 13.1 Å². The molecule has 1 aliphatic heterocycles. The minimum Gasteiger partial charge on any atom is -0.352 e. The average molecular weight is 308 g/mol. The number of carbonyl (C=O) groups excluding carboxylic acids is 1. The molecule has 0 aliphatic carbocycles. The van der Waals surface area contributed by atoms with Gasteiger partial charge in [-0.25, -0.2) is 22.0 Å². The predicted molar refractivity (Wildman–Crippen MR) is 64.2 cm³/mol. The van der Waals surface area contributed by atoms with Gasteiger partial charge in [0.25, 0.3) is 5.91 Å². The monoisotopic (exact) mass is 308 g/mol. The Bertz CT molecular complexity index is 529. The lowest BCUT2D eigenvalue weighted by atomic mass is 10.1. The first-order valence-corrected chi connectivity index (χ1v) is 6.46. The summed E-state index contributed by atoms with van der Waals surface area (Å²) in [5.41, 5.74) is -1.45. The second-order valence-electron chi connectivity index (χ2n) is 4.78. The van der Waals surface area contributed by atoms with E-state index >= 15 is 0 Å². The van der Waals surface area contributed by atoms with Gasteiger partial charge >= 0.3 is 0 Å². The molecule has 1 aliphatic rings. The van der Waals surface area contributed by atoms with Gasteiger partial charge in [0.1, 0.15) is 5.56 Å². The molecule has 1 amide bonds. The van der Waals surface area contributed by atoms with Gasteiger partial charge in [-0.3, -0.25) is 4.79 Å². The van der Waals surface area contributed by atoms with Gasteiger partial charge in [0.2, 0.25) is 5.82 Å². The van der Waals surface area contributed by atoms with E-state index in [0.717, 1.165) is 19.4 Å². The topological polar surface area (TPSA) is 41.1 Å². The molecule has 0 unspecified atom stereocenters. The summed E-state index contributed by atoms with van der Waals surface area (Å²) in [4.78, 5) is 11.6. The lowest BCUT2D eigenvalue weighted by Crippen LogP contribution is -2.32. The Morgan fingerprint density at radius 1 is 1.05 bits per heavy atom. The normalized spacial score (nSPS) is 18.0. The van der Waals surface area contributed by atoms with Gasteiger partial charge in [0.05, 0.1) is 0 Å². The zero-order valence-corrected chi connectivity index (χ0v) is 10.9. The Morgan fingerprint density at radius 3 is 2.14 bits per heavy atom. The Labute approximate surface area is 117 Å². The van der Waals surface area contributed by atoms with E-state index in [9.17, 15) is 26.7 Å². The highest BCUT2D eigenvalue weighted by atomic mass is 19.2. The Hall–Kier alpha value is -1.70. The van der Waals surface area contributed by atoms with Crippen LogP contribution < -0.4 is 10.6 Å². The molecule has 1 fully saturated rings. The molecule has 1 atom stereocenters. The first kappa shape index (κ1) is 15.7. The predicted octanol–water partition coefficient (Wildman–Crippen LogP) is 2.25.